The molecule has 1 heterocycles. The van der Waals surface area contributed by atoms with Crippen molar-refractivity contribution >= 4 is 0 Å². The Morgan fingerprint density at radius 3 is 2.79 bits per heavy atom. The molecule has 1 atom stereocenters. The van der Waals surface area contributed by atoms with E-state index in [0.717, 1.165) is 22.8 Å². The highest BCUT2D eigenvalue weighted by molar-refractivity contribution is 5.31. The van der Waals surface area contributed by atoms with Crippen molar-refractivity contribution in [3.05, 3.63) is 46.8 Å². The molecular weight excluding hydrogens is 240 g/mol. The summed E-state index contributed by atoms with van der Waals surface area (Å²) >= 11 is 0. The highest BCUT2D eigenvalue weighted by Gasteiger charge is 2.10. The Balaban J connectivity index is 2.08. The average molecular weight is 260 g/mol. The van der Waals surface area contributed by atoms with Crippen LogP contribution < -0.4 is 10.1 Å². The van der Waals surface area contributed by atoms with Crippen molar-refractivity contribution in [1.82, 2.24) is 10.5 Å². The van der Waals surface area contributed by atoms with Gasteiger partial charge < -0.3 is 14.6 Å². The standard InChI is InChI=1S/C15H20N2O2/c1-10(16-4)13-6-5-7-14(8-13)18-9-15-11(2)17-19-12(15)3/h5-8,10,16H,9H2,1-4H3. The Bertz CT molecular complexity index is 529. The lowest BCUT2D eigenvalue weighted by molar-refractivity contribution is 0.301. The van der Waals surface area contributed by atoms with Gasteiger partial charge in [0, 0.05) is 6.04 Å². The largest absolute Gasteiger partial charge is 0.489 e. The second-order valence-corrected chi connectivity index (χ2v) is 4.67. The predicted molar refractivity (Wildman–Crippen MR) is 74.2 cm³/mol. The van der Waals surface area contributed by atoms with Gasteiger partial charge >= 0.3 is 0 Å². The Hall–Kier alpha value is -1.81. The lowest BCUT2D eigenvalue weighted by atomic mass is 10.1. The summed E-state index contributed by atoms with van der Waals surface area (Å²) in [7, 11) is 1.95. The molecule has 0 spiro atoms. The number of aromatic nitrogens is 1. The summed E-state index contributed by atoms with van der Waals surface area (Å²) in [6.45, 7) is 6.43. The maximum Gasteiger partial charge on any atom is 0.140 e. The van der Waals surface area contributed by atoms with E-state index in [9.17, 15) is 0 Å². The molecule has 4 nitrogen and oxygen atoms in total. The quantitative estimate of drug-likeness (QED) is 0.897. The van der Waals surface area contributed by atoms with Gasteiger partial charge in [-0.2, -0.15) is 0 Å². The predicted octanol–water partition coefficient (Wildman–Crippen LogP) is 3.15. The molecule has 19 heavy (non-hydrogen) atoms. The van der Waals surface area contributed by atoms with Crippen molar-refractivity contribution in [3.8, 4) is 5.75 Å². The van der Waals surface area contributed by atoms with Crippen LogP contribution in [0.25, 0.3) is 0 Å². The molecule has 1 aromatic heterocycles. The van der Waals surface area contributed by atoms with Gasteiger partial charge in [0.1, 0.15) is 18.1 Å². The monoisotopic (exact) mass is 260 g/mol. The first-order chi connectivity index (χ1) is 9.11. The van der Waals surface area contributed by atoms with Crippen molar-refractivity contribution in [2.45, 2.75) is 33.4 Å². The molecule has 0 amide bonds. The first kappa shape index (κ1) is 13.6. The molecule has 0 saturated carbocycles. The summed E-state index contributed by atoms with van der Waals surface area (Å²) in [4.78, 5) is 0. The number of nitrogens with zero attached hydrogens (tertiary/aromatic N) is 1. The van der Waals surface area contributed by atoms with Crippen molar-refractivity contribution in [2.75, 3.05) is 7.05 Å². The fourth-order valence-corrected chi connectivity index (χ4v) is 1.90. The second kappa shape index (κ2) is 5.89. The topological polar surface area (TPSA) is 47.3 Å². The van der Waals surface area contributed by atoms with Gasteiger partial charge in [0.25, 0.3) is 0 Å². The van der Waals surface area contributed by atoms with Gasteiger partial charge in [-0.1, -0.05) is 17.3 Å². The molecule has 0 fully saturated rings. The fraction of sp³-hybridized carbons (Fsp3) is 0.400. The van der Waals surface area contributed by atoms with E-state index in [4.69, 9.17) is 9.26 Å². The number of hydrogen-bond acceptors (Lipinski definition) is 4. The molecule has 2 aromatic rings. The molecule has 0 aliphatic carbocycles. The van der Waals surface area contributed by atoms with E-state index in [2.05, 4.69) is 29.5 Å². The zero-order valence-corrected chi connectivity index (χ0v) is 11.9. The summed E-state index contributed by atoms with van der Waals surface area (Å²) in [5.74, 6) is 1.68. The number of ether oxygens (including phenoxy) is 1. The van der Waals surface area contributed by atoms with Crippen LogP contribution >= 0.6 is 0 Å². The maximum absolute atomic E-state index is 5.82. The molecule has 1 N–H and O–H groups in total. The highest BCUT2D eigenvalue weighted by atomic mass is 16.5. The van der Waals surface area contributed by atoms with Gasteiger partial charge in [-0.15, -0.1) is 0 Å². The molecule has 0 aliphatic rings. The van der Waals surface area contributed by atoms with Crippen LogP contribution in [0.4, 0.5) is 0 Å². The summed E-state index contributed by atoms with van der Waals surface area (Å²) in [6, 6.07) is 8.42. The molecule has 0 bridgehead atoms. The molecule has 1 aromatic carbocycles. The number of nitrogens with one attached hydrogen (secondary N) is 1. The van der Waals surface area contributed by atoms with Crippen LogP contribution in [0.1, 0.15) is 35.5 Å². The van der Waals surface area contributed by atoms with Gasteiger partial charge in [-0.25, -0.2) is 0 Å². The smallest absolute Gasteiger partial charge is 0.140 e. The normalized spacial score (nSPS) is 12.4. The third-order valence-corrected chi connectivity index (χ3v) is 3.36. The summed E-state index contributed by atoms with van der Waals surface area (Å²) in [6.07, 6.45) is 0. The zero-order valence-electron chi connectivity index (χ0n) is 11.9. The van der Waals surface area contributed by atoms with Gasteiger partial charge in [0.2, 0.25) is 0 Å². The van der Waals surface area contributed by atoms with E-state index in [-0.39, 0.29) is 0 Å². The van der Waals surface area contributed by atoms with Crippen LogP contribution in [-0.2, 0) is 6.61 Å². The van der Waals surface area contributed by atoms with E-state index in [1.807, 2.05) is 33.0 Å². The summed E-state index contributed by atoms with van der Waals surface area (Å²) < 4.78 is 10.9. The van der Waals surface area contributed by atoms with E-state index in [0.29, 0.717) is 12.6 Å². The second-order valence-electron chi connectivity index (χ2n) is 4.67. The van der Waals surface area contributed by atoms with E-state index < -0.39 is 0 Å². The molecule has 1 unspecified atom stereocenters. The lowest BCUT2D eigenvalue weighted by Gasteiger charge is -2.12. The molecule has 2 rings (SSSR count). The Labute approximate surface area is 113 Å². The molecule has 0 aliphatic heterocycles. The van der Waals surface area contributed by atoms with Crippen LogP contribution in [0.2, 0.25) is 0 Å². The Morgan fingerprint density at radius 1 is 1.37 bits per heavy atom. The number of benzene rings is 1. The molecule has 102 valence electrons. The SMILES string of the molecule is CNC(C)c1cccc(OCc2c(C)noc2C)c1. The van der Waals surface area contributed by atoms with Gasteiger partial charge in [0.15, 0.2) is 0 Å². The summed E-state index contributed by atoms with van der Waals surface area (Å²) in [5.41, 5.74) is 3.11. The fourth-order valence-electron chi connectivity index (χ4n) is 1.90. The minimum Gasteiger partial charge on any atom is -0.489 e. The molecular formula is C15H20N2O2. The van der Waals surface area contributed by atoms with Crippen molar-refractivity contribution < 1.29 is 9.26 Å². The lowest BCUT2D eigenvalue weighted by Crippen LogP contribution is -2.12. The van der Waals surface area contributed by atoms with Crippen LogP contribution in [0.3, 0.4) is 0 Å². The van der Waals surface area contributed by atoms with Crippen molar-refractivity contribution in [3.63, 3.8) is 0 Å². The first-order valence-corrected chi connectivity index (χ1v) is 6.43. The van der Waals surface area contributed by atoms with E-state index in [1.165, 1.54) is 5.56 Å². The number of rotatable bonds is 5. The van der Waals surface area contributed by atoms with Gasteiger partial charge in [-0.05, 0) is 45.5 Å². The van der Waals surface area contributed by atoms with Crippen LogP contribution in [0.15, 0.2) is 28.8 Å². The third-order valence-electron chi connectivity index (χ3n) is 3.36. The number of hydrogen-bond donors (Lipinski definition) is 1. The molecule has 0 saturated heterocycles. The van der Waals surface area contributed by atoms with E-state index in [1.54, 1.807) is 0 Å². The van der Waals surface area contributed by atoms with Gasteiger partial charge in [-0.3, -0.25) is 0 Å². The molecule has 4 heteroatoms. The summed E-state index contributed by atoms with van der Waals surface area (Å²) in [5, 5.41) is 7.14. The highest BCUT2D eigenvalue weighted by Crippen LogP contribution is 2.21. The number of aryl methyl sites for hydroxylation is 2. The minimum atomic E-state index is 0.308. The molecule has 0 radical (unpaired) electrons. The van der Waals surface area contributed by atoms with Crippen LogP contribution in [0, 0.1) is 13.8 Å². The van der Waals surface area contributed by atoms with Crippen LogP contribution in [-0.4, -0.2) is 12.2 Å². The Morgan fingerprint density at radius 2 is 2.16 bits per heavy atom. The first-order valence-electron chi connectivity index (χ1n) is 6.43. The van der Waals surface area contributed by atoms with Crippen molar-refractivity contribution in [1.29, 1.82) is 0 Å². The average Bonchev–Trinajstić information content (AvgIpc) is 2.75. The minimum absolute atomic E-state index is 0.308. The van der Waals surface area contributed by atoms with E-state index >= 15 is 0 Å². The Kier molecular flexibility index (Phi) is 4.22. The third kappa shape index (κ3) is 3.15. The maximum atomic E-state index is 5.82. The van der Waals surface area contributed by atoms with Crippen LogP contribution in [0.5, 0.6) is 5.75 Å². The van der Waals surface area contributed by atoms with Crippen molar-refractivity contribution in [2.24, 2.45) is 0 Å². The van der Waals surface area contributed by atoms with Gasteiger partial charge in [0.05, 0.1) is 11.3 Å². The zero-order chi connectivity index (χ0) is 13.8.